The number of hydrogen-bond acceptors (Lipinski definition) is 6. The Bertz CT molecular complexity index is 1400. The Kier molecular flexibility index (Phi) is 7.97. The summed E-state index contributed by atoms with van der Waals surface area (Å²) in [5.41, 5.74) is 1.55. The Morgan fingerprint density at radius 2 is 1.61 bits per heavy atom. The number of carbonyl (C=O) groups excluding carboxylic acids is 1. The lowest BCUT2D eigenvalue weighted by Crippen LogP contribution is -2.38. The zero-order valence-electron chi connectivity index (χ0n) is 20.0. The first-order chi connectivity index (χ1) is 17.3. The third-order valence-electron chi connectivity index (χ3n) is 5.80. The van der Waals surface area contributed by atoms with E-state index >= 15 is 0 Å². The van der Waals surface area contributed by atoms with Gasteiger partial charge in [0.1, 0.15) is 5.82 Å². The fourth-order valence-electron chi connectivity index (χ4n) is 3.71. The fraction of sp³-hybridized carbons (Fsp3) is 0.231. The molecule has 36 heavy (non-hydrogen) atoms. The number of aromatic nitrogens is 1. The van der Waals surface area contributed by atoms with Crippen molar-refractivity contribution in [1.29, 1.82) is 0 Å². The van der Waals surface area contributed by atoms with Crippen molar-refractivity contribution in [2.24, 2.45) is 0 Å². The highest BCUT2D eigenvalue weighted by atomic mass is 32.2. The number of benzene rings is 3. The Morgan fingerprint density at radius 3 is 2.25 bits per heavy atom. The van der Waals surface area contributed by atoms with Crippen molar-refractivity contribution in [2.75, 3.05) is 35.8 Å². The van der Waals surface area contributed by atoms with E-state index in [1.165, 1.54) is 35.6 Å². The van der Waals surface area contributed by atoms with E-state index in [4.69, 9.17) is 0 Å². The number of halogens is 1. The Hall–Kier alpha value is -3.34. The molecule has 0 unspecified atom stereocenters. The van der Waals surface area contributed by atoms with Crippen LogP contribution >= 0.6 is 11.3 Å². The normalized spacial score (nSPS) is 11.7. The van der Waals surface area contributed by atoms with Crippen LogP contribution in [0.4, 0.5) is 15.2 Å². The standard InChI is InChI=1S/C26H27FN4O3S2/c1-3-30(4-2)17-18-31(26-28-23-7-5-6-8-24(23)35-26)25(32)19-9-13-21(14-10-19)29-36(33,34)22-15-11-20(27)12-16-22/h5-16,29H,3-4,17-18H2,1-2H3. The van der Waals surface area contributed by atoms with Crippen LogP contribution in [0.1, 0.15) is 24.2 Å². The van der Waals surface area contributed by atoms with Crippen LogP contribution in [0.2, 0.25) is 0 Å². The maximum atomic E-state index is 13.6. The van der Waals surface area contributed by atoms with E-state index in [2.05, 4.69) is 28.5 Å². The quantitative estimate of drug-likeness (QED) is 0.306. The molecule has 0 fully saturated rings. The zero-order valence-corrected chi connectivity index (χ0v) is 21.7. The minimum Gasteiger partial charge on any atom is -0.302 e. The van der Waals surface area contributed by atoms with Crippen LogP contribution in [-0.4, -0.2) is 50.4 Å². The third kappa shape index (κ3) is 5.89. The van der Waals surface area contributed by atoms with Gasteiger partial charge in [-0.05, 0) is 73.8 Å². The number of likely N-dealkylation sites (N-methyl/N-ethyl adjacent to an activating group) is 1. The van der Waals surface area contributed by atoms with Crippen molar-refractivity contribution in [3.8, 4) is 0 Å². The molecule has 0 saturated carbocycles. The largest absolute Gasteiger partial charge is 0.302 e. The van der Waals surface area contributed by atoms with E-state index in [0.29, 0.717) is 29.5 Å². The number of amides is 1. The van der Waals surface area contributed by atoms with Gasteiger partial charge in [0.25, 0.3) is 15.9 Å². The fourth-order valence-corrected chi connectivity index (χ4v) is 5.75. The number of nitrogens with one attached hydrogen (secondary N) is 1. The van der Waals surface area contributed by atoms with Gasteiger partial charge in [0, 0.05) is 24.3 Å². The van der Waals surface area contributed by atoms with Crippen molar-refractivity contribution >= 4 is 48.3 Å². The molecular formula is C26H27FN4O3S2. The van der Waals surface area contributed by atoms with Gasteiger partial charge in [0.2, 0.25) is 0 Å². The maximum absolute atomic E-state index is 13.6. The average molecular weight is 527 g/mol. The summed E-state index contributed by atoms with van der Waals surface area (Å²) in [6.07, 6.45) is 0. The molecule has 188 valence electrons. The molecule has 0 bridgehead atoms. The molecule has 0 saturated heterocycles. The number of sulfonamides is 1. The summed E-state index contributed by atoms with van der Waals surface area (Å²) >= 11 is 1.46. The highest BCUT2D eigenvalue weighted by Crippen LogP contribution is 2.30. The molecular weight excluding hydrogens is 499 g/mol. The van der Waals surface area contributed by atoms with Crippen LogP contribution in [0, 0.1) is 5.82 Å². The molecule has 4 rings (SSSR count). The van der Waals surface area contributed by atoms with Crippen molar-refractivity contribution < 1.29 is 17.6 Å². The number of rotatable bonds is 10. The molecule has 3 aromatic carbocycles. The minimum absolute atomic E-state index is 0.0533. The average Bonchev–Trinajstić information content (AvgIpc) is 3.31. The Morgan fingerprint density at radius 1 is 0.944 bits per heavy atom. The second-order valence-corrected chi connectivity index (χ2v) is 10.8. The molecule has 0 spiro atoms. The molecule has 0 aliphatic heterocycles. The first-order valence-corrected chi connectivity index (χ1v) is 13.9. The molecule has 1 amide bonds. The van der Waals surface area contributed by atoms with Crippen molar-refractivity contribution in [1.82, 2.24) is 9.88 Å². The number of hydrogen-bond donors (Lipinski definition) is 1. The molecule has 0 aliphatic carbocycles. The summed E-state index contributed by atoms with van der Waals surface area (Å²) in [6.45, 7) is 7.09. The minimum atomic E-state index is -3.89. The maximum Gasteiger partial charge on any atom is 0.261 e. The van der Waals surface area contributed by atoms with Gasteiger partial charge in [-0.25, -0.2) is 17.8 Å². The summed E-state index contributed by atoms with van der Waals surface area (Å²) < 4.78 is 41.8. The number of thiazole rings is 1. The molecule has 1 heterocycles. The molecule has 4 aromatic rings. The predicted octanol–water partition coefficient (Wildman–Crippen LogP) is 5.22. The summed E-state index contributed by atoms with van der Waals surface area (Å²) in [6, 6.07) is 18.6. The number of nitrogens with zero attached hydrogens (tertiary/aromatic N) is 3. The van der Waals surface area contributed by atoms with Gasteiger partial charge in [0.15, 0.2) is 5.13 Å². The lowest BCUT2D eigenvalue weighted by Gasteiger charge is -2.24. The summed E-state index contributed by atoms with van der Waals surface area (Å²) in [7, 11) is -3.89. The summed E-state index contributed by atoms with van der Waals surface area (Å²) in [5.74, 6) is -0.732. The summed E-state index contributed by atoms with van der Waals surface area (Å²) in [4.78, 5) is 22.1. The second kappa shape index (κ2) is 11.2. The van der Waals surface area contributed by atoms with E-state index in [1.807, 2.05) is 24.3 Å². The van der Waals surface area contributed by atoms with Gasteiger partial charge in [0.05, 0.1) is 15.1 Å². The molecule has 1 N–H and O–H groups in total. The van der Waals surface area contributed by atoms with Gasteiger partial charge >= 0.3 is 0 Å². The molecule has 0 aliphatic rings. The van der Waals surface area contributed by atoms with Gasteiger partial charge in [-0.3, -0.25) is 14.4 Å². The van der Waals surface area contributed by atoms with Crippen molar-refractivity contribution in [3.63, 3.8) is 0 Å². The number of anilines is 2. The molecule has 10 heteroatoms. The van der Waals surface area contributed by atoms with Crippen LogP contribution in [0.3, 0.4) is 0 Å². The first kappa shape index (κ1) is 25.7. The van der Waals surface area contributed by atoms with E-state index in [0.717, 1.165) is 35.4 Å². The number of carbonyl (C=O) groups is 1. The lowest BCUT2D eigenvalue weighted by molar-refractivity contribution is 0.0984. The lowest BCUT2D eigenvalue weighted by atomic mass is 10.2. The van der Waals surface area contributed by atoms with Gasteiger partial charge in [-0.15, -0.1) is 0 Å². The number of para-hydroxylation sites is 1. The van der Waals surface area contributed by atoms with Crippen LogP contribution in [0.25, 0.3) is 10.2 Å². The Labute approximate surface area is 214 Å². The van der Waals surface area contributed by atoms with Gasteiger partial charge in [-0.1, -0.05) is 37.3 Å². The molecule has 1 aromatic heterocycles. The van der Waals surface area contributed by atoms with E-state index in [9.17, 15) is 17.6 Å². The van der Waals surface area contributed by atoms with Gasteiger partial charge in [-0.2, -0.15) is 0 Å². The smallest absolute Gasteiger partial charge is 0.261 e. The van der Waals surface area contributed by atoms with E-state index in [1.54, 1.807) is 17.0 Å². The van der Waals surface area contributed by atoms with Crippen LogP contribution in [0.15, 0.2) is 77.7 Å². The van der Waals surface area contributed by atoms with Crippen molar-refractivity contribution in [3.05, 3.63) is 84.2 Å². The highest BCUT2D eigenvalue weighted by Gasteiger charge is 2.22. The third-order valence-corrected chi connectivity index (χ3v) is 8.26. The molecule has 7 nitrogen and oxygen atoms in total. The topological polar surface area (TPSA) is 82.6 Å². The SMILES string of the molecule is CCN(CC)CCN(C(=O)c1ccc(NS(=O)(=O)c2ccc(F)cc2)cc1)c1nc2ccccc2s1. The first-order valence-electron chi connectivity index (χ1n) is 11.6. The van der Waals surface area contributed by atoms with Crippen LogP contribution < -0.4 is 9.62 Å². The van der Waals surface area contributed by atoms with Gasteiger partial charge < -0.3 is 4.90 Å². The number of fused-ring (bicyclic) bond motifs is 1. The van der Waals surface area contributed by atoms with Crippen LogP contribution in [0.5, 0.6) is 0 Å². The second-order valence-electron chi connectivity index (χ2n) is 8.08. The molecule has 0 radical (unpaired) electrons. The monoisotopic (exact) mass is 526 g/mol. The van der Waals surface area contributed by atoms with E-state index in [-0.39, 0.29) is 10.8 Å². The predicted molar refractivity (Wildman–Crippen MR) is 143 cm³/mol. The zero-order chi connectivity index (χ0) is 25.7. The summed E-state index contributed by atoms with van der Waals surface area (Å²) in [5, 5.41) is 0.620. The Balaban J connectivity index is 1.56. The van der Waals surface area contributed by atoms with E-state index < -0.39 is 15.8 Å². The highest BCUT2D eigenvalue weighted by molar-refractivity contribution is 7.92. The van der Waals surface area contributed by atoms with Crippen molar-refractivity contribution in [2.45, 2.75) is 18.7 Å². The van der Waals surface area contributed by atoms with Crippen LogP contribution in [-0.2, 0) is 10.0 Å². The molecule has 0 atom stereocenters.